The summed E-state index contributed by atoms with van der Waals surface area (Å²) in [6.45, 7) is 0.180. The third-order valence-electron chi connectivity index (χ3n) is 6.28. The largest absolute Gasteiger partial charge is 0.345 e. The van der Waals surface area contributed by atoms with Crippen LogP contribution in [0.2, 0.25) is 0 Å². The molecule has 0 amide bonds. The maximum absolute atomic E-state index is 14.0. The Hall–Kier alpha value is -3.99. The lowest BCUT2D eigenvalue weighted by Gasteiger charge is -2.29. The van der Waals surface area contributed by atoms with Gasteiger partial charge in [0.2, 0.25) is 10.0 Å². The fourth-order valence-corrected chi connectivity index (χ4v) is 6.23. The van der Waals surface area contributed by atoms with Crippen molar-refractivity contribution in [3.8, 4) is 6.07 Å². The van der Waals surface area contributed by atoms with Crippen molar-refractivity contribution in [3.63, 3.8) is 0 Å². The van der Waals surface area contributed by atoms with Gasteiger partial charge in [0.05, 0.1) is 34.7 Å². The monoisotopic (exact) mass is 480 g/mol. The number of H-pyrrole nitrogens is 1. The summed E-state index contributed by atoms with van der Waals surface area (Å²) in [6.07, 6.45) is 6.46. The number of aromatic amines is 1. The van der Waals surface area contributed by atoms with Gasteiger partial charge in [0.25, 0.3) is 0 Å². The van der Waals surface area contributed by atoms with Gasteiger partial charge in [0.1, 0.15) is 0 Å². The molecule has 7 heteroatoms. The van der Waals surface area contributed by atoms with Gasteiger partial charge in [-0.3, -0.25) is 0 Å². The van der Waals surface area contributed by atoms with Crippen LogP contribution in [-0.2, 0) is 23.0 Å². The lowest BCUT2D eigenvalue weighted by Crippen LogP contribution is -2.40. The van der Waals surface area contributed by atoms with E-state index in [1.165, 1.54) is 0 Å². The molecule has 1 atom stereocenters. The third-order valence-corrected chi connectivity index (χ3v) is 8.19. The summed E-state index contributed by atoms with van der Waals surface area (Å²) in [5.41, 5.74) is 5.17. The number of nitrogens with one attached hydrogen (secondary N) is 1. The van der Waals surface area contributed by atoms with Crippen LogP contribution < -0.4 is 0 Å². The third kappa shape index (κ3) is 4.80. The van der Waals surface area contributed by atoms with Crippen molar-refractivity contribution in [1.82, 2.24) is 14.3 Å². The summed E-state index contributed by atoms with van der Waals surface area (Å²) in [4.78, 5) is 7.51. The van der Waals surface area contributed by atoms with Gasteiger partial charge in [-0.25, -0.2) is 13.4 Å². The molecule has 174 valence electrons. The minimum Gasteiger partial charge on any atom is -0.345 e. The number of benzene rings is 3. The Morgan fingerprint density at radius 1 is 1.06 bits per heavy atom. The molecule has 0 saturated carbocycles. The predicted octanol–water partition coefficient (Wildman–Crippen LogP) is 5.03. The molecule has 1 aliphatic rings. The first-order valence-electron chi connectivity index (χ1n) is 11.4. The molecule has 0 fully saturated rings. The molecule has 1 aromatic heterocycles. The van der Waals surface area contributed by atoms with Crippen LogP contribution in [0.1, 0.15) is 34.4 Å². The number of aromatic nitrogens is 2. The van der Waals surface area contributed by atoms with E-state index in [0.717, 1.165) is 28.0 Å². The molecule has 0 unspecified atom stereocenters. The zero-order valence-electron chi connectivity index (χ0n) is 19.0. The van der Waals surface area contributed by atoms with Gasteiger partial charge in [-0.2, -0.15) is 9.57 Å². The van der Waals surface area contributed by atoms with Crippen molar-refractivity contribution < 1.29 is 8.42 Å². The van der Waals surface area contributed by atoms with Gasteiger partial charge >= 0.3 is 0 Å². The van der Waals surface area contributed by atoms with E-state index in [1.807, 2.05) is 48.5 Å². The van der Waals surface area contributed by atoms with Crippen LogP contribution in [-0.4, -0.2) is 28.7 Å². The van der Waals surface area contributed by atoms with Crippen molar-refractivity contribution in [2.45, 2.75) is 30.3 Å². The second kappa shape index (κ2) is 9.71. The molecule has 1 N–H and O–H groups in total. The van der Waals surface area contributed by atoms with Crippen LogP contribution in [0, 0.1) is 11.3 Å². The maximum Gasteiger partial charge on any atom is 0.243 e. The van der Waals surface area contributed by atoms with E-state index < -0.39 is 10.0 Å². The fraction of sp³-hybridized carbons (Fsp3) is 0.143. The second-order valence-electron chi connectivity index (χ2n) is 8.57. The molecule has 3 aromatic carbocycles. The van der Waals surface area contributed by atoms with E-state index in [-0.39, 0.29) is 17.5 Å². The number of nitrogens with zero attached hydrogens (tertiary/aromatic N) is 3. The molecule has 5 rings (SSSR count). The van der Waals surface area contributed by atoms with Gasteiger partial charge in [0, 0.05) is 12.6 Å². The normalized spacial score (nSPS) is 17.5. The Morgan fingerprint density at radius 2 is 1.80 bits per heavy atom. The van der Waals surface area contributed by atoms with E-state index in [4.69, 9.17) is 0 Å². The highest BCUT2D eigenvalue weighted by Crippen LogP contribution is 2.36. The van der Waals surface area contributed by atoms with E-state index >= 15 is 0 Å². The molecule has 6 nitrogen and oxygen atoms in total. The Kier molecular flexibility index (Phi) is 6.32. The summed E-state index contributed by atoms with van der Waals surface area (Å²) >= 11 is 0. The molecule has 0 radical (unpaired) electrons. The van der Waals surface area contributed by atoms with Gasteiger partial charge in [0.15, 0.2) is 0 Å². The summed E-state index contributed by atoms with van der Waals surface area (Å²) in [5.74, 6) is 0. The fourth-order valence-electron chi connectivity index (χ4n) is 4.61. The van der Waals surface area contributed by atoms with Crippen molar-refractivity contribution >= 4 is 21.7 Å². The van der Waals surface area contributed by atoms with E-state index in [2.05, 4.69) is 16.0 Å². The molecule has 1 aliphatic heterocycles. The van der Waals surface area contributed by atoms with Crippen LogP contribution in [0.15, 0.2) is 96.3 Å². The van der Waals surface area contributed by atoms with Crippen molar-refractivity contribution in [2.75, 3.05) is 0 Å². The number of fused-ring (bicyclic) bond motifs is 1. The first-order chi connectivity index (χ1) is 17.0. The molecule has 0 bridgehead atoms. The van der Waals surface area contributed by atoms with Crippen LogP contribution in [0.4, 0.5) is 0 Å². The highest BCUT2D eigenvalue weighted by atomic mass is 32.2. The standard InChI is InChI=1S/C28H24N4O2S/c29-17-22-11-12-28-23(15-25-18-30-20-31-25)16-26(14-21-7-3-1-4-8-21)32(19-24(28)13-22)35(33,34)27-9-5-2-6-10-27/h1-13,15,18,20,26H,14,16,19H2,(H,30,31)/b23-15-/t26-/m1/s1. The Morgan fingerprint density at radius 3 is 2.49 bits per heavy atom. The number of imidazole rings is 1. The number of sulfonamides is 1. The van der Waals surface area contributed by atoms with Crippen LogP contribution in [0.25, 0.3) is 11.6 Å². The summed E-state index contributed by atoms with van der Waals surface area (Å²) in [6, 6.07) is 25.9. The number of nitriles is 1. The van der Waals surface area contributed by atoms with Crippen molar-refractivity contribution in [3.05, 3.63) is 119 Å². The molecule has 0 spiro atoms. The van der Waals surface area contributed by atoms with Crippen molar-refractivity contribution in [2.24, 2.45) is 0 Å². The van der Waals surface area contributed by atoms with Gasteiger partial charge in [-0.15, -0.1) is 0 Å². The molecular formula is C28H24N4O2S. The summed E-state index contributed by atoms with van der Waals surface area (Å²) < 4.78 is 29.5. The highest BCUT2D eigenvalue weighted by Gasteiger charge is 2.35. The minimum absolute atomic E-state index is 0.180. The molecular weight excluding hydrogens is 456 g/mol. The zero-order valence-corrected chi connectivity index (χ0v) is 19.8. The second-order valence-corrected chi connectivity index (χ2v) is 10.5. The topological polar surface area (TPSA) is 89.8 Å². The van der Waals surface area contributed by atoms with Crippen molar-refractivity contribution in [1.29, 1.82) is 5.26 Å². The summed E-state index contributed by atoms with van der Waals surface area (Å²) in [5, 5.41) is 9.52. The van der Waals surface area contributed by atoms with Gasteiger partial charge in [-0.05, 0) is 65.4 Å². The first-order valence-corrected chi connectivity index (χ1v) is 12.8. The molecule has 0 aliphatic carbocycles. The minimum atomic E-state index is -3.80. The van der Waals surface area contributed by atoms with E-state index in [1.54, 1.807) is 53.2 Å². The predicted molar refractivity (Wildman–Crippen MR) is 135 cm³/mol. The maximum atomic E-state index is 14.0. The van der Waals surface area contributed by atoms with Gasteiger partial charge in [-0.1, -0.05) is 54.6 Å². The molecule has 35 heavy (non-hydrogen) atoms. The van der Waals surface area contributed by atoms with E-state index in [9.17, 15) is 13.7 Å². The Labute approximate surface area is 205 Å². The van der Waals surface area contributed by atoms with Crippen LogP contribution in [0.3, 0.4) is 0 Å². The SMILES string of the molecule is N#Cc1ccc2c(c1)CN(S(=O)(=O)c1ccccc1)[C@H](Cc1ccccc1)C/C2=C/c1cnc[nH]1. The quantitative estimate of drug-likeness (QED) is 0.434. The lowest BCUT2D eigenvalue weighted by molar-refractivity contribution is 0.318. The smallest absolute Gasteiger partial charge is 0.243 e. The highest BCUT2D eigenvalue weighted by molar-refractivity contribution is 7.89. The number of hydrogen-bond acceptors (Lipinski definition) is 4. The molecule has 0 saturated heterocycles. The van der Waals surface area contributed by atoms with E-state index in [0.29, 0.717) is 18.4 Å². The average molecular weight is 481 g/mol. The average Bonchev–Trinajstić information content (AvgIpc) is 3.35. The molecule has 2 heterocycles. The Bertz CT molecular complexity index is 1490. The summed E-state index contributed by atoms with van der Waals surface area (Å²) in [7, 11) is -3.80. The van der Waals surface area contributed by atoms with Crippen LogP contribution >= 0.6 is 0 Å². The van der Waals surface area contributed by atoms with Gasteiger partial charge < -0.3 is 4.98 Å². The molecule has 4 aromatic rings. The van der Waals surface area contributed by atoms with Crippen LogP contribution in [0.5, 0.6) is 0 Å². The Balaban J connectivity index is 1.67. The zero-order chi connectivity index (χ0) is 24.3. The lowest BCUT2D eigenvalue weighted by atomic mass is 9.93. The number of hydrogen-bond donors (Lipinski definition) is 1. The number of rotatable bonds is 5. The first kappa shape index (κ1) is 22.8.